The highest BCUT2D eigenvalue weighted by molar-refractivity contribution is 7.99. The Kier molecular flexibility index (Phi) is 4.88. The molecule has 1 saturated heterocycles. The first-order valence-corrected chi connectivity index (χ1v) is 9.57. The van der Waals surface area contributed by atoms with Crippen molar-refractivity contribution in [1.82, 2.24) is 4.90 Å². The van der Waals surface area contributed by atoms with E-state index < -0.39 is 0 Å². The third-order valence-electron chi connectivity index (χ3n) is 4.50. The Morgan fingerprint density at radius 3 is 2.88 bits per heavy atom. The maximum atomic E-state index is 14.0. The molecule has 0 saturated carbocycles. The van der Waals surface area contributed by atoms with Crippen molar-refractivity contribution in [3.05, 3.63) is 53.8 Å². The van der Waals surface area contributed by atoms with Crippen LogP contribution in [0, 0.1) is 5.82 Å². The molecule has 2 aliphatic rings. The molecule has 4 rings (SSSR count). The van der Waals surface area contributed by atoms with Crippen LogP contribution in [0.25, 0.3) is 0 Å². The van der Waals surface area contributed by atoms with Gasteiger partial charge in [-0.15, -0.1) is 0 Å². The zero-order valence-corrected chi connectivity index (χ0v) is 14.9. The van der Waals surface area contributed by atoms with Gasteiger partial charge in [-0.1, -0.05) is 18.2 Å². The summed E-state index contributed by atoms with van der Waals surface area (Å²) in [5.41, 5.74) is 1.39. The second kappa shape index (κ2) is 7.45. The van der Waals surface area contributed by atoms with Gasteiger partial charge in [0.2, 0.25) is 6.79 Å². The Morgan fingerprint density at radius 2 is 2.00 bits per heavy atom. The average molecular weight is 374 g/mol. The van der Waals surface area contributed by atoms with Crippen molar-refractivity contribution in [2.75, 3.05) is 31.0 Å². The van der Waals surface area contributed by atoms with Gasteiger partial charge in [-0.3, -0.25) is 0 Å². The zero-order valence-electron chi connectivity index (χ0n) is 14.1. The number of rotatable bonds is 2. The molecule has 136 valence electrons. The van der Waals surface area contributed by atoms with Gasteiger partial charge in [0.15, 0.2) is 11.5 Å². The van der Waals surface area contributed by atoms with Gasteiger partial charge in [0.25, 0.3) is 0 Å². The number of ether oxygens (including phenoxy) is 2. The number of nitrogens with one attached hydrogen (secondary N) is 1. The first-order chi connectivity index (χ1) is 12.7. The summed E-state index contributed by atoms with van der Waals surface area (Å²) in [6.45, 7) is 1.42. The number of amides is 2. The third-order valence-corrected chi connectivity index (χ3v) is 5.81. The fraction of sp³-hybridized carbons (Fsp3) is 0.316. The van der Waals surface area contributed by atoms with Gasteiger partial charge in [-0.05, 0) is 24.6 Å². The number of fused-ring (bicyclic) bond motifs is 1. The van der Waals surface area contributed by atoms with E-state index in [-0.39, 0.29) is 23.9 Å². The summed E-state index contributed by atoms with van der Waals surface area (Å²) in [6.07, 6.45) is 0.722. The van der Waals surface area contributed by atoms with Crippen molar-refractivity contribution in [2.45, 2.75) is 11.7 Å². The van der Waals surface area contributed by atoms with Crippen molar-refractivity contribution in [1.29, 1.82) is 0 Å². The number of carbonyl (C=O) groups excluding carboxylic acids is 1. The highest BCUT2D eigenvalue weighted by Gasteiger charge is 2.24. The lowest BCUT2D eigenvalue weighted by molar-refractivity contribution is 0.174. The first kappa shape index (κ1) is 17.0. The van der Waals surface area contributed by atoms with E-state index in [9.17, 15) is 9.18 Å². The van der Waals surface area contributed by atoms with Gasteiger partial charge < -0.3 is 19.7 Å². The summed E-state index contributed by atoms with van der Waals surface area (Å²) in [5, 5.41) is 2.97. The largest absolute Gasteiger partial charge is 0.454 e. The number of hydrogen-bond acceptors (Lipinski definition) is 4. The van der Waals surface area contributed by atoms with Gasteiger partial charge in [-0.2, -0.15) is 11.8 Å². The number of hydrogen-bond donors (Lipinski definition) is 1. The SMILES string of the molecule is O=C(Nc1ccc2c(c1)OCO2)N1CCSC(c2ccccc2F)CC1. The molecule has 0 radical (unpaired) electrons. The van der Waals surface area contributed by atoms with Crippen LogP contribution in [-0.4, -0.2) is 36.6 Å². The number of benzene rings is 2. The fourth-order valence-corrected chi connectivity index (χ4v) is 4.39. The molecule has 2 aromatic rings. The molecule has 1 N–H and O–H groups in total. The molecule has 2 heterocycles. The highest BCUT2D eigenvalue weighted by Crippen LogP contribution is 2.36. The number of halogens is 1. The van der Waals surface area contributed by atoms with Crippen LogP contribution in [0.5, 0.6) is 11.5 Å². The second-order valence-corrected chi connectivity index (χ2v) is 7.47. The summed E-state index contributed by atoms with van der Waals surface area (Å²) in [5.74, 6) is 1.91. The van der Waals surface area contributed by atoms with Crippen LogP contribution in [0.4, 0.5) is 14.9 Å². The van der Waals surface area contributed by atoms with Gasteiger partial charge in [-0.25, -0.2) is 9.18 Å². The minimum absolute atomic E-state index is 0.0690. The fourth-order valence-electron chi connectivity index (χ4n) is 3.13. The van der Waals surface area contributed by atoms with Crippen LogP contribution in [-0.2, 0) is 0 Å². The van der Waals surface area contributed by atoms with Crippen LogP contribution in [0.2, 0.25) is 0 Å². The number of nitrogens with zero attached hydrogens (tertiary/aromatic N) is 1. The number of urea groups is 1. The standard InChI is InChI=1S/C19H19FN2O3S/c20-15-4-2-1-3-14(15)18-7-8-22(9-10-26-18)19(23)21-13-5-6-16-17(11-13)25-12-24-16/h1-6,11,18H,7-10,12H2,(H,21,23). The summed E-state index contributed by atoms with van der Waals surface area (Å²) in [6, 6.07) is 12.1. The van der Waals surface area contributed by atoms with Crippen LogP contribution in [0.1, 0.15) is 17.2 Å². The summed E-state index contributed by atoms with van der Waals surface area (Å²) in [4.78, 5) is 14.4. The van der Waals surface area contributed by atoms with Gasteiger partial charge in [0.05, 0.1) is 0 Å². The van der Waals surface area contributed by atoms with Crippen molar-refractivity contribution < 1.29 is 18.7 Å². The molecule has 1 atom stereocenters. The lowest BCUT2D eigenvalue weighted by Crippen LogP contribution is -2.36. The maximum Gasteiger partial charge on any atom is 0.321 e. The molecule has 2 aromatic carbocycles. The summed E-state index contributed by atoms with van der Waals surface area (Å²) >= 11 is 1.70. The highest BCUT2D eigenvalue weighted by atomic mass is 32.2. The van der Waals surface area contributed by atoms with Crippen molar-refractivity contribution in [3.63, 3.8) is 0 Å². The average Bonchev–Trinajstić information content (AvgIpc) is 2.97. The monoisotopic (exact) mass is 374 g/mol. The van der Waals surface area contributed by atoms with E-state index in [0.29, 0.717) is 30.3 Å². The summed E-state index contributed by atoms with van der Waals surface area (Å²) < 4.78 is 24.6. The molecule has 2 amide bonds. The summed E-state index contributed by atoms with van der Waals surface area (Å²) in [7, 11) is 0. The second-order valence-electron chi connectivity index (χ2n) is 6.15. The van der Waals surface area contributed by atoms with Crippen LogP contribution < -0.4 is 14.8 Å². The molecule has 1 unspecified atom stereocenters. The Hall–Kier alpha value is -2.41. The van der Waals surface area contributed by atoms with Crippen LogP contribution >= 0.6 is 11.8 Å². The predicted octanol–water partition coefficient (Wildman–Crippen LogP) is 4.27. The molecule has 5 nitrogen and oxygen atoms in total. The topological polar surface area (TPSA) is 50.8 Å². The quantitative estimate of drug-likeness (QED) is 0.853. The normalized spacial score (nSPS) is 19.1. The van der Waals surface area contributed by atoms with E-state index in [0.717, 1.165) is 17.7 Å². The lowest BCUT2D eigenvalue weighted by atomic mass is 10.1. The zero-order chi connectivity index (χ0) is 17.9. The molecule has 26 heavy (non-hydrogen) atoms. The number of thioether (sulfide) groups is 1. The molecule has 1 fully saturated rings. The van der Waals surface area contributed by atoms with E-state index in [1.165, 1.54) is 6.07 Å². The van der Waals surface area contributed by atoms with Crippen LogP contribution in [0.3, 0.4) is 0 Å². The van der Waals surface area contributed by atoms with E-state index in [1.54, 1.807) is 40.9 Å². The van der Waals surface area contributed by atoms with E-state index in [2.05, 4.69) is 5.32 Å². The van der Waals surface area contributed by atoms with E-state index >= 15 is 0 Å². The lowest BCUT2D eigenvalue weighted by Gasteiger charge is -2.21. The van der Waals surface area contributed by atoms with Crippen LogP contribution in [0.15, 0.2) is 42.5 Å². The van der Waals surface area contributed by atoms with Crippen molar-refractivity contribution in [3.8, 4) is 11.5 Å². The van der Waals surface area contributed by atoms with Crippen molar-refractivity contribution in [2.24, 2.45) is 0 Å². The number of anilines is 1. The van der Waals surface area contributed by atoms with Crippen molar-refractivity contribution >= 4 is 23.5 Å². The van der Waals surface area contributed by atoms with E-state index in [4.69, 9.17) is 9.47 Å². The molecular weight excluding hydrogens is 355 g/mol. The predicted molar refractivity (Wildman–Crippen MR) is 99.4 cm³/mol. The van der Waals surface area contributed by atoms with Gasteiger partial charge in [0.1, 0.15) is 5.82 Å². The minimum atomic E-state index is -0.178. The maximum absolute atomic E-state index is 14.0. The Balaban J connectivity index is 1.39. The Labute approximate surface area is 155 Å². The van der Waals surface area contributed by atoms with Gasteiger partial charge >= 0.3 is 6.03 Å². The first-order valence-electron chi connectivity index (χ1n) is 8.52. The molecule has 0 aliphatic carbocycles. The molecule has 0 bridgehead atoms. The molecule has 7 heteroatoms. The Bertz CT molecular complexity index is 817. The molecule has 0 aromatic heterocycles. The molecule has 2 aliphatic heterocycles. The molecular formula is C19H19FN2O3S. The van der Waals surface area contributed by atoms with Gasteiger partial charge in [0, 0.05) is 41.4 Å². The number of carbonyl (C=O) groups is 1. The molecule has 0 spiro atoms. The Morgan fingerprint density at radius 1 is 1.15 bits per heavy atom. The third kappa shape index (κ3) is 3.58. The minimum Gasteiger partial charge on any atom is -0.454 e. The van der Waals surface area contributed by atoms with E-state index in [1.807, 2.05) is 12.1 Å². The smallest absolute Gasteiger partial charge is 0.321 e.